The fourth-order valence-corrected chi connectivity index (χ4v) is 2.15. The van der Waals surface area contributed by atoms with Crippen LogP contribution in [0.25, 0.3) is 0 Å². The van der Waals surface area contributed by atoms with Gasteiger partial charge in [0.15, 0.2) is 5.96 Å². The van der Waals surface area contributed by atoms with Crippen molar-refractivity contribution in [3.05, 3.63) is 53.3 Å². The van der Waals surface area contributed by atoms with Crippen LogP contribution in [-0.2, 0) is 13.1 Å². The van der Waals surface area contributed by atoms with Crippen molar-refractivity contribution in [3.8, 4) is 0 Å². The first-order valence-electron chi connectivity index (χ1n) is 7.66. The van der Waals surface area contributed by atoms with E-state index in [0.29, 0.717) is 0 Å². The van der Waals surface area contributed by atoms with Gasteiger partial charge in [-0.1, -0.05) is 29.8 Å². The standard InChI is InChI=1S/C17H25N5.HI/c1-14-5-7-16(8-6-14)12-20-17(18-3)19-9-4-10-22-13-15(2)11-21-22;/h5-8,11,13H,4,9-10,12H2,1-3H3,(H2,18,19,20);1H. The lowest BCUT2D eigenvalue weighted by molar-refractivity contribution is 0.570. The Bertz CT molecular complexity index is 604. The molecule has 1 aromatic heterocycles. The molecule has 0 bridgehead atoms. The third-order valence-corrected chi connectivity index (χ3v) is 3.42. The molecule has 0 spiro atoms. The van der Waals surface area contributed by atoms with Gasteiger partial charge in [0.25, 0.3) is 0 Å². The van der Waals surface area contributed by atoms with Crippen molar-refractivity contribution in [1.82, 2.24) is 20.4 Å². The molecule has 1 heterocycles. The summed E-state index contributed by atoms with van der Waals surface area (Å²) >= 11 is 0. The number of hydrogen-bond donors (Lipinski definition) is 2. The van der Waals surface area contributed by atoms with Crippen LogP contribution in [0.15, 0.2) is 41.7 Å². The Morgan fingerprint density at radius 1 is 1.13 bits per heavy atom. The number of nitrogens with one attached hydrogen (secondary N) is 2. The summed E-state index contributed by atoms with van der Waals surface area (Å²) in [5.74, 6) is 0.831. The minimum absolute atomic E-state index is 0. The first-order chi connectivity index (χ1) is 10.7. The predicted molar refractivity (Wildman–Crippen MR) is 106 cm³/mol. The van der Waals surface area contributed by atoms with Crippen molar-refractivity contribution in [3.63, 3.8) is 0 Å². The first kappa shape index (κ1) is 19.5. The molecule has 2 N–H and O–H groups in total. The Labute approximate surface area is 155 Å². The van der Waals surface area contributed by atoms with Gasteiger partial charge >= 0.3 is 0 Å². The van der Waals surface area contributed by atoms with Crippen molar-refractivity contribution in [1.29, 1.82) is 0 Å². The van der Waals surface area contributed by atoms with Gasteiger partial charge in [0.2, 0.25) is 0 Å². The van der Waals surface area contributed by atoms with Gasteiger partial charge in [-0.15, -0.1) is 24.0 Å². The molecule has 2 rings (SSSR count). The zero-order valence-corrected chi connectivity index (χ0v) is 16.4. The van der Waals surface area contributed by atoms with Gasteiger partial charge in [0.1, 0.15) is 0 Å². The van der Waals surface area contributed by atoms with E-state index in [1.807, 2.05) is 10.9 Å². The summed E-state index contributed by atoms with van der Waals surface area (Å²) in [7, 11) is 1.79. The Morgan fingerprint density at radius 2 is 1.87 bits per heavy atom. The van der Waals surface area contributed by atoms with Crippen molar-refractivity contribution in [2.24, 2.45) is 4.99 Å². The predicted octanol–water partition coefficient (Wildman–Crippen LogP) is 2.87. The third-order valence-electron chi connectivity index (χ3n) is 3.42. The highest BCUT2D eigenvalue weighted by atomic mass is 127. The monoisotopic (exact) mass is 427 g/mol. The highest BCUT2D eigenvalue weighted by Gasteiger charge is 1.99. The van der Waals surface area contributed by atoms with Crippen molar-refractivity contribution in [2.75, 3.05) is 13.6 Å². The first-order valence-corrected chi connectivity index (χ1v) is 7.66. The minimum atomic E-state index is 0. The maximum atomic E-state index is 4.28. The Balaban J connectivity index is 0.00000264. The topological polar surface area (TPSA) is 54.2 Å². The lowest BCUT2D eigenvalue weighted by Crippen LogP contribution is -2.37. The van der Waals surface area contributed by atoms with Crippen LogP contribution in [0.5, 0.6) is 0 Å². The molecule has 0 atom stereocenters. The van der Waals surface area contributed by atoms with E-state index >= 15 is 0 Å². The van der Waals surface area contributed by atoms with Crippen LogP contribution < -0.4 is 10.6 Å². The van der Waals surface area contributed by atoms with Crippen molar-refractivity contribution < 1.29 is 0 Å². The molecule has 23 heavy (non-hydrogen) atoms. The Kier molecular flexibility index (Phi) is 8.68. The van der Waals surface area contributed by atoms with E-state index < -0.39 is 0 Å². The van der Waals surface area contributed by atoms with Crippen molar-refractivity contribution >= 4 is 29.9 Å². The van der Waals surface area contributed by atoms with Crippen LogP contribution >= 0.6 is 24.0 Å². The quantitative estimate of drug-likeness (QED) is 0.323. The number of rotatable bonds is 6. The largest absolute Gasteiger partial charge is 0.356 e. The second kappa shape index (κ2) is 10.3. The Hall–Kier alpha value is -1.57. The van der Waals surface area contributed by atoms with E-state index in [2.05, 4.69) is 65.0 Å². The number of aryl methyl sites for hydroxylation is 3. The second-order valence-corrected chi connectivity index (χ2v) is 5.47. The smallest absolute Gasteiger partial charge is 0.191 e. The molecule has 0 radical (unpaired) electrons. The van der Waals surface area contributed by atoms with Gasteiger partial charge in [0.05, 0.1) is 6.20 Å². The number of hydrogen-bond acceptors (Lipinski definition) is 2. The van der Waals surface area contributed by atoms with Crippen LogP contribution in [0.4, 0.5) is 0 Å². The summed E-state index contributed by atoms with van der Waals surface area (Å²) in [6.07, 6.45) is 4.95. The van der Waals surface area contributed by atoms with Gasteiger partial charge < -0.3 is 10.6 Å². The molecule has 6 heteroatoms. The van der Waals surface area contributed by atoms with Gasteiger partial charge in [-0.25, -0.2) is 0 Å². The Morgan fingerprint density at radius 3 is 2.48 bits per heavy atom. The lowest BCUT2D eigenvalue weighted by atomic mass is 10.1. The van der Waals surface area contributed by atoms with Gasteiger partial charge in [-0.3, -0.25) is 9.67 Å². The summed E-state index contributed by atoms with van der Waals surface area (Å²) in [6.45, 7) is 6.71. The molecule has 0 amide bonds. The maximum Gasteiger partial charge on any atom is 0.191 e. The third kappa shape index (κ3) is 7.02. The average Bonchev–Trinajstić information content (AvgIpc) is 2.94. The molecule has 2 aromatic rings. The van der Waals surface area contributed by atoms with Crippen LogP contribution in [0.2, 0.25) is 0 Å². The molecule has 5 nitrogen and oxygen atoms in total. The van der Waals surface area contributed by atoms with Crippen LogP contribution in [0.1, 0.15) is 23.1 Å². The molecule has 0 unspecified atom stereocenters. The van der Waals surface area contributed by atoms with Gasteiger partial charge in [-0.2, -0.15) is 5.10 Å². The molecule has 0 aliphatic carbocycles. The van der Waals surface area contributed by atoms with E-state index in [9.17, 15) is 0 Å². The molecule has 0 aliphatic heterocycles. The van der Waals surface area contributed by atoms with E-state index in [0.717, 1.165) is 32.0 Å². The fraction of sp³-hybridized carbons (Fsp3) is 0.412. The minimum Gasteiger partial charge on any atom is -0.356 e. The summed E-state index contributed by atoms with van der Waals surface area (Å²) < 4.78 is 1.97. The van der Waals surface area contributed by atoms with E-state index in [-0.39, 0.29) is 24.0 Å². The molecular weight excluding hydrogens is 401 g/mol. The second-order valence-electron chi connectivity index (χ2n) is 5.47. The van der Waals surface area contributed by atoms with E-state index in [4.69, 9.17) is 0 Å². The molecular formula is C17H26IN5. The molecule has 0 saturated heterocycles. The molecule has 126 valence electrons. The lowest BCUT2D eigenvalue weighted by Gasteiger charge is -2.12. The zero-order chi connectivity index (χ0) is 15.8. The van der Waals surface area contributed by atoms with E-state index in [1.165, 1.54) is 16.7 Å². The fourth-order valence-electron chi connectivity index (χ4n) is 2.15. The van der Waals surface area contributed by atoms with E-state index in [1.54, 1.807) is 7.05 Å². The highest BCUT2D eigenvalue weighted by Crippen LogP contribution is 2.02. The number of nitrogens with zero attached hydrogens (tertiary/aromatic N) is 3. The molecule has 1 aromatic carbocycles. The zero-order valence-electron chi connectivity index (χ0n) is 14.0. The summed E-state index contributed by atoms with van der Waals surface area (Å²) in [5.41, 5.74) is 3.73. The van der Waals surface area contributed by atoms with Gasteiger partial charge in [0, 0.05) is 32.9 Å². The molecule has 0 fully saturated rings. The normalized spacial score (nSPS) is 11.0. The van der Waals surface area contributed by atoms with Crippen LogP contribution in [0.3, 0.4) is 0 Å². The summed E-state index contributed by atoms with van der Waals surface area (Å²) in [6, 6.07) is 8.52. The summed E-state index contributed by atoms with van der Waals surface area (Å²) in [5, 5.41) is 10.9. The SMILES string of the molecule is CN=C(NCCCn1cc(C)cn1)NCc1ccc(C)cc1.I. The maximum absolute atomic E-state index is 4.28. The van der Waals surface area contributed by atoms with Crippen LogP contribution in [0, 0.1) is 13.8 Å². The number of benzene rings is 1. The molecule has 0 aliphatic rings. The van der Waals surface area contributed by atoms with Crippen LogP contribution in [-0.4, -0.2) is 29.3 Å². The molecule has 0 saturated carbocycles. The average molecular weight is 427 g/mol. The number of aromatic nitrogens is 2. The summed E-state index contributed by atoms with van der Waals surface area (Å²) in [4.78, 5) is 4.24. The number of guanidine groups is 1. The highest BCUT2D eigenvalue weighted by molar-refractivity contribution is 14.0. The van der Waals surface area contributed by atoms with Crippen molar-refractivity contribution in [2.45, 2.75) is 33.4 Å². The number of aliphatic imine (C=N–C) groups is 1. The number of halogens is 1. The van der Waals surface area contributed by atoms with Gasteiger partial charge in [-0.05, 0) is 31.4 Å².